The Bertz CT molecular complexity index is 757. The fraction of sp³-hybridized carbons (Fsp3) is 0.476. The van der Waals surface area contributed by atoms with Crippen LogP contribution in [-0.4, -0.2) is 53.7 Å². The number of piperazine rings is 1. The molecule has 2 heterocycles. The van der Waals surface area contributed by atoms with Crippen LogP contribution in [0.3, 0.4) is 0 Å². The number of carbonyl (C=O) groups is 1. The van der Waals surface area contributed by atoms with Gasteiger partial charge in [-0.3, -0.25) is 4.79 Å². The molecular weight excluding hydrogens is 338 g/mol. The first-order valence-electron chi connectivity index (χ1n) is 9.61. The van der Waals surface area contributed by atoms with Crippen molar-refractivity contribution in [3.05, 3.63) is 47.5 Å². The van der Waals surface area contributed by atoms with E-state index in [-0.39, 0.29) is 11.3 Å². The monoisotopic (exact) mass is 367 g/mol. The highest BCUT2D eigenvalue weighted by atomic mass is 16.2. The number of aromatic nitrogens is 2. The summed E-state index contributed by atoms with van der Waals surface area (Å²) in [6.07, 6.45) is 0. The highest BCUT2D eigenvalue weighted by molar-refractivity contribution is 5.94. The maximum Gasteiger partial charge on any atom is 0.253 e. The number of anilines is 2. The molecule has 27 heavy (non-hydrogen) atoms. The Balaban J connectivity index is 1.59. The van der Waals surface area contributed by atoms with Crippen LogP contribution in [0.5, 0.6) is 0 Å². The van der Waals surface area contributed by atoms with Gasteiger partial charge in [-0.25, -0.2) is 0 Å². The molecule has 1 N–H and O–H groups in total. The van der Waals surface area contributed by atoms with Crippen molar-refractivity contribution in [2.45, 2.75) is 33.1 Å². The molecule has 3 rings (SSSR count). The predicted octanol–water partition coefficient (Wildman–Crippen LogP) is 3.17. The molecule has 1 aliphatic rings. The minimum atomic E-state index is 0.0937. The molecule has 0 aliphatic carbocycles. The van der Waals surface area contributed by atoms with Crippen molar-refractivity contribution in [3.63, 3.8) is 0 Å². The van der Waals surface area contributed by atoms with Gasteiger partial charge in [-0.05, 0) is 42.2 Å². The molecular formula is C21H29N5O. The first-order valence-corrected chi connectivity index (χ1v) is 9.61. The van der Waals surface area contributed by atoms with Crippen molar-refractivity contribution in [2.24, 2.45) is 0 Å². The van der Waals surface area contributed by atoms with Gasteiger partial charge >= 0.3 is 0 Å². The van der Waals surface area contributed by atoms with Gasteiger partial charge in [-0.15, -0.1) is 10.2 Å². The van der Waals surface area contributed by atoms with Gasteiger partial charge in [0.1, 0.15) is 5.82 Å². The summed E-state index contributed by atoms with van der Waals surface area (Å²) in [6, 6.07) is 11.9. The number of benzene rings is 1. The second-order valence-corrected chi connectivity index (χ2v) is 7.91. The lowest BCUT2D eigenvalue weighted by molar-refractivity contribution is 0.0746. The molecule has 0 unspecified atom stereocenters. The third kappa shape index (κ3) is 4.56. The van der Waals surface area contributed by atoms with E-state index in [4.69, 9.17) is 0 Å². The molecule has 0 saturated carbocycles. The Morgan fingerprint density at radius 2 is 1.67 bits per heavy atom. The number of hydrogen-bond donors (Lipinski definition) is 1. The average Bonchev–Trinajstić information content (AvgIpc) is 2.68. The molecule has 1 amide bonds. The van der Waals surface area contributed by atoms with Crippen LogP contribution < -0.4 is 10.2 Å². The topological polar surface area (TPSA) is 61.4 Å². The van der Waals surface area contributed by atoms with Gasteiger partial charge in [0.25, 0.3) is 5.91 Å². The first kappa shape index (κ1) is 19.1. The summed E-state index contributed by atoms with van der Waals surface area (Å²) in [5.74, 6) is 1.75. The normalized spacial score (nSPS) is 15.0. The Morgan fingerprint density at radius 3 is 2.19 bits per heavy atom. The molecule has 6 heteroatoms. The van der Waals surface area contributed by atoms with Crippen molar-refractivity contribution >= 4 is 17.5 Å². The van der Waals surface area contributed by atoms with Crippen LogP contribution >= 0.6 is 0 Å². The van der Waals surface area contributed by atoms with E-state index in [9.17, 15) is 4.79 Å². The summed E-state index contributed by atoms with van der Waals surface area (Å²) in [6.45, 7) is 12.3. The maximum atomic E-state index is 12.8. The minimum Gasteiger partial charge on any atom is -0.369 e. The van der Waals surface area contributed by atoms with Crippen molar-refractivity contribution in [1.29, 1.82) is 0 Å². The largest absolute Gasteiger partial charge is 0.369 e. The van der Waals surface area contributed by atoms with Gasteiger partial charge in [0.05, 0.1) is 0 Å². The van der Waals surface area contributed by atoms with E-state index in [0.717, 1.165) is 36.8 Å². The molecule has 1 saturated heterocycles. The van der Waals surface area contributed by atoms with Crippen LogP contribution in [0.4, 0.5) is 11.6 Å². The van der Waals surface area contributed by atoms with Crippen molar-refractivity contribution < 1.29 is 4.79 Å². The molecule has 1 fully saturated rings. The number of nitrogens with zero attached hydrogens (tertiary/aromatic N) is 4. The summed E-state index contributed by atoms with van der Waals surface area (Å²) in [4.78, 5) is 16.9. The zero-order valence-electron chi connectivity index (χ0n) is 16.7. The van der Waals surface area contributed by atoms with Gasteiger partial charge < -0.3 is 15.1 Å². The maximum absolute atomic E-state index is 12.8. The average molecular weight is 367 g/mol. The fourth-order valence-electron chi connectivity index (χ4n) is 3.20. The van der Waals surface area contributed by atoms with Crippen LogP contribution in [0.25, 0.3) is 0 Å². The van der Waals surface area contributed by atoms with Gasteiger partial charge in [-0.1, -0.05) is 32.9 Å². The molecule has 0 spiro atoms. The molecule has 0 atom stereocenters. The third-order valence-electron chi connectivity index (χ3n) is 4.90. The van der Waals surface area contributed by atoms with Crippen LogP contribution in [0.1, 0.15) is 43.6 Å². The summed E-state index contributed by atoms with van der Waals surface area (Å²) in [7, 11) is 0. The zero-order valence-corrected chi connectivity index (χ0v) is 16.7. The van der Waals surface area contributed by atoms with E-state index in [2.05, 4.69) is 53.3 Å². The van der Waals surface area contributed by atoms with Crippen molar-refractivity contribution in [3.8, 4) is 0 Å². The Labute approximate surface area is 161 Å². The zero-order chi connectivity index (χ0) is 19.4. The molecule has 1 aliphatic heterocycles. The Kier molecular flexibility index (Phi) is 5.63. The summed E-state index contributed by atoms with van der Waals surface area (Å²) < 4.78 is 0. The van der Waals surface area contributed by atoms with E-state index < -0.39 is 0 Å². The van der Waals surface area contributed by atoms with Crippen molar-refractivity contribution in [1.82, 2.24) is 15.1 Å². The highest BCUT2D eigenvalue weighted by Gasteiger charge is 2.23. The molecule has 0 radical (unpaired) electrons. The molecule has 1 aromatic heterocycles. The molecule has 1 aromatic carbocycles. The summed E-state index contributed by atoms with van der Waals surface area (Å²) >= 11 is 0. The van der Waals surface area contributed by atoms with Crippen LogP contribution in [0.15, 0.2) is 36.4 Å². The van der Waals surface area contributed by atoms with E-state index in [0.29, 0.717) is 13.1 Å². The molecule has 6 nitrogen and oxygen atoms in total. The fourth-order valence-corrected chi connectivity index (χ4v) is 3.20. The van der Waals surface area contributed by atoms with E-state index >= 15 is 0 Å². The predicted molar refractivity (Wildman–Crippen MR) is 109 cm³/mol. The lowest BCUT2D eigenvalue weighted by Gasteiger charge is -2.35. The van der Waals surface area contributed by atoms with E-state index in [1.54, 1.807) is 0 Å². The lowest BCUT2D eigenvalue weighted by Crippen LogP contribution is -2.49. The van der Waals surface area contributed by atoms with Gasteiger partial charge in [0.15, 0.2) is 5.82 Å². The van der Waals surface area contributed by atoms with E-state index in [1.165, 1.54) is 5.56 Å². The lowest BCUT2D eigenvalue weighted by atomic mass is 9.86. The number of carbonyl (C=O) groups excluding carboxylic acids is 1. The number of rotatable bonds is 4. The molecule has 0 bridgehead atoms. The van der Waals surface area contributed by atoms with E-state index in [1.807, 2.05) is 36.1 Å². The quantitative estimate of drug-likeness (QED) is 0.899. The minimum absolute atomic E-state index is 0.0937. The third-order valence-corrected chi connectivity index (χ3v) is 4.90. The summed E-state index contributed by atoms with van der Waals surface area (Å²) in [5.41, 5.74) is 2.09. The van der Waals surface area contributed by atoms with Crippen LogP contribution in [-0.2, 0) is 5.41 Å². The second kappa shape index (κ2) is 7.94. The Morgan fingerprint density at radius 1 is 1.00 bits per heavy atom. The van der Waals surface area contributed by atoms with Crippen LogP contribution in [0, 0.1) is 0 Å². The summed E-state index contributed by atoms with van der Waals surface area (Å²) in [5, 5.41) is 11.6. The van der Waals surface area contributed by atoms with Gasteiger partial charge in [0.2, 0.25) is 0 Å². The highest BCUT2D eigenvalue weighted by Crippen LogP contribution is 2.23. The Hall–Kier alpha value is -2.63. The van der Waals surface area contributed by atoms with Gasteiger partial charge in [0, 0.05) is 38.3 Å². The van der Waals surface area contributed by atoms with Crippen LogP contribution in [0.2, 0.25) is 0 Å². The number of amides is 1. The SMILES string of the molecule is CCNc1ccc(N2CCN(C(=O)c3ccc(C(C)(C)C)cc3)CC2)nn1. The second-order valence-electron chi connectivity index (χ2n) is 7.91. The standard InChI is InChI=1S/C21H29N5O/c1-5-22-18-10-11-19(24-23-18)25-12-14-26(15-13-25)20(27)16-6-8-17(9-7-16)21(2,3)4/h6-11H,5,12-15H2,1-4H3,(H,22,23). The molecule has 2 aromatic rings. The number of nitrogens with one attached hydrogen (secondary N) is 1. The smallest absolute Gasteiger partial charge is 0.253 e. The number of hydrogen-bond acceptors (Lipinski definition) is 5. The first-order chi connectivity index (χ1) is 12.9. The van der Waals surface area contributed by atoms with Gasteiger partial charge in [-0.2, -0.15) is 0 Å². The van der Waals surface area contributed by atoms with Crippen molar-refractivity contribution in [2.75, 3.05) is 42.9 Å². The molecule has 144 valence electrons.